The van der Waals surface area contributed by atoms with E-state index in [4.69, 9.17) is 16.3 Å². The Kier molecular flexibility index (Phi) is 3.31. The Morgan fingerprint density at radius 3 is 2.71 bits per heavy atom. The second-order valence-electron chi connectivity index (χ2n) is 5.20. The van der Waals surface area contributed by atoms with Gasteiger partial charge in [0.05, 0.1) is 17.8 Å². The van der Waals surface area contributed by atoms with Crippen molar-refractivity contribution in [3.05, 3.63) is 46.9 Å². The Morgan fingerprint density at radius 2 is 1.92 bits per heavy atom. The normalized spacial score (nSPS) is 11.3. The van der Waals surface area contributed by atoms with Gasteiger partial charge in [-0.2, -0.15) is 4.98 Å². The molecule has 24 heavy (non-hydrogen) atoms. The van der Waals surface area contributed by atoms with Gasteiger partial charge in [0.25, 0.3) is 0 Å². The largest absolute Gasteiger partial charge is 0.481 e. The molecule has 0 aliphatic carbocycles. The first-order valence-electron chi connectivity index (χ1n) is 7.10. The first-order chi connectivity index (χ1) is 11.6. The van der Waals surface area contributed by atoms with Gasteiger partial charge in [-0.05, 0) is 31.2 Å². The molecule has 6 nitrogen and oxygen atoms in total. The summed E-state index contributed by atoms with van der Waals surface area (Å²) in [6.45, 7) is 1.80. The predicted octanol–water partition coefficient (Wildman–Crippen LogP) is 3.45. The first-order valence-corrected chi connectivity index (χ1v) is 7.48. The van der Waals surface area contributed by atoms with E-state index in [1.54, 1.807) is 23.5 Å². The van der Waals surface area contributed by atoms with Crippen molar-refractivity contribution in [2.24, 2.45) is 0 Å². The second-order valence-corrected chi connectivity index (χ2v) is 5.61. The van der Waals surface area contributed by atoms with Crippen LogP contribution in [-0.2, 0) is 0 Å². The Labute approximate surface area is 140 Å². The van der Waals surface area contributed by atoms with Crippen LogP contribution in [0.15, 0.2) is 30.3 Å². The molecule has 3 heterocycles. The summed E-state index contributed by atoms with van der Waals surface area (Å²) in [5.41, 5.74) is 2.70. The van der Waals surface area contributed by atoms with Crippen LogP contribution in [0.25, 0.3) is 28.2 Å². The average molecular weight is 344 g/mol. The molecule has 0 spiro atoms. The first kappa shape index (κ1) is 14.8. The highest BCUT2D eigenvalue weighted by atomic mass is 35.5. The zero-order chi connectivity index (χ0) is 16.8. The molecule has 0 atom stereocenters. The highest BCUT2D eigenvalue weighted by Gasteiger charge is 2.18. The van der Waals surface area contributed by atoms with Crippen molar-refractivity contribution in [1.82, 2.24) is 24.6 Å². The van der Waals surface area contributed by atoms with Crippen molar-refractivity contribution >= 4 is 28.4 Å². The molecular weight excluding hydrogens is 333 g/mol. The second kappa shape index (κ2) is 5.38. The number of aryl methyl sites for hydroxylation is 1. The quantitative estimate of drug-likeness (QED) is 0.557. The van der Waals surface area contributed by atoms with E-state index in [-0.39, 0.29) is 0 Å². The Balaban J connectivity index is 2.16. The molecule has 0 unspecified atom stereocenters. The van der Waals surface area contributed by atoms with Crippen LogP contribution in [0.1, 0.15) is 5.69 Å². The van der Waals surface area contributed by atoms with E-state index in [1.165, 1.54) is 25.3 Å². The van der Waals surface area contributed by atoms with E-state index in [0.29, 0.717) is 44.8 Å². The molecule has 0 fully saturated rings. The number of pyridine rings is 1. The Bertz CT molecular complexity index is 1090. The minimum absolute atomic E-state index is 0.385. The minimum atomic E-state index is -0.402. The van der Waals surface area contributed by atoms with Crippen LogP contribution in [-0.4, -0.2) is 31.7 Å². The average Bonchev–Trinajstić information content (AvgIpc) is 2.93. The Hall–Kier alpha value is -2.80. The van der Waals surface area contributed by atoms with Gasteiger partial charge in [-0.1, -0.05) is 11.6 Å². The van der Waals surface area contributed by atoms with Crippen LogP contribution >= 0.6 is 11.6 Å². The van der Waals surface area contributed by atoms with Gasteiger partial charge in [0.2, 0.25) is 5.88 Å². The van der Waals surface area contributed by atoms with Gasteiger partial charge < -0.3 is 4.74 Å². The number of ether oxygens (including phenoxy) is 1. The highest BCUT2D eigenvalue weighted by molar-refractivity contribution is 6.33. The number of nitrogens with zero attached hydrogens (tertiary/aromatic N) is 5. The molecule has 0 saturated heterocycles. The SMILES string of the molecule is COc1ccc2nnc3c(C)nc(-c4cc(F)ccc4Cl)n3c2n1. The van der Waals surface area contributed by atoms with Crippen molar-refractivity contribution < 1.29 is 9.13 Å². The maximum atomic E-state index is 13.7. The molecule has 1 aromatic carbocycles. The smallest absolute Gasteiger partial charge is 0.215 e. The predicted molar refractivity (Wildman–Crippen MR) is 87.8 cm³/mol. The van der Waals surface area contributed by atoms with Crippen molar-refractivity contribution in [3.8, 4) is 17.3 Å². The third kappa shape index (κ3) is 2.16. The number of halogens is 2. The molecule has 0 aliphatic heterocycles. The standard InChI is InChI=1S/C16H11ClFN5O/c1-8-14-22-21-12-5-6-13(24-2)20-16(12)23(14)15(19-8)10-7-9(18)3-4-11(10)17/h3-7H,1-2H3. The summed E-state index contributed by atoms with van der Waals surface area (Å²) in [6, 6.07) is 7.57. The number of benzene rings is 1. The van der Waals surface area contributed by atoms with Crippen LogP contribution < -0.4 is 4.74 Å². The third-order valence-electron chi connectivity index (χ3n) is 3.69. The van der Waals surface area contributed by atoms with Gasteiger partial charge in [-0.25, -0.2) is 9.37 Å². The van der Waals surface area contributed by atoms with Gasteiger partial charge in [0.1, 0.15) is 17.2 Å². The third-order valence-corrected chi connectivity index (χ3v) is 4.02. The van der Waals surface area contributed by atoms with Crippen molar-refractivity contribution in [1.29, 1.82) is 0 Å². The number of hydrogen-bond acceptors (Lipinski definition) is 5. The van der Waals surface area contributed by atoms with Crippen molar-refractivity contribution in [2.45, 2.75) is 6.92 Å². The summed E-state index contributed by atoms with van der Waals surface area (Å²) in [4.78, 5) is 8.93. The number of fused-ring (bicyclic) bond motifs is 3. The van der Waals surface area contributed by atoms with Crippen molar-refractivity contribution in [3.63, 3.8) is 0 Å². The summed E-state index contributed by atoms with van der Waals surface area (Å²) in [6.07, 6.45) is 0. The summed E-state index contributed by atoms with van der Waals surface area (Å²) in [5, 5.41) is 8.74. The number of rotatable bonds is 2. The van der Waals surface area contributed by atoms with E-state index in [0.717, 1.165) is 0 Å². The summed E-state index contributed by atoms with van der Waals surface area (Å²) >= 11 is 6.25. The van der Waals surface area contributed by atoms with Gasteiger partial charge in [-0.15, -0.1) is 10.2 Å². The molecule has 4 aromatic rings. The lowest BCUT2D eigenvalue weighted by Crippen LogP contribution is -2.01. The lowest BCUT2D eigenvalue weighted by Gasteiger charge is -2.07. The number of imidazole rings is 1. The van der Waals surface area contributed by atoms with E-state index < -0.39 is 5.82 Å². The fourth-order valence-corrected chi connectivity index (χ4v) is 2.77. The number of aromatic nitrogens is 5. The van der Waals surface area contributed by atoms with Gasteiger partial charge in [0.15, 0.2) is 11.3 Å². The number of hydrogen-bond donors (Lipinski definition) is 0. The van der Waals surface area contributed by atoms with E-state index in [9.17, 15) is 4.39 Å². The molecule has 0 bridgehead atoms. The van der Waals surface area contributed by atoms with E-state index >= 15 is 0 Å². The molecule has 8 heteroatoms. The fraction of sp³-hybridized carbons (Fsp3) is 0.125. The van der Waals surface area contributed by atoms with Crippen LogP contribution in [0.2, 0.25) is 5.02 Å². The molecule has 120 valence electrons. The van der Waals surface area contributed by atoms with Gasteiger partial charge in [0, 0.05) is 11.6 Å². The molecule has 0 saturated carbocycles. The number of methoxy groups -OCH3 is 1. The molecular formula is C16H11ClFN5O. The summed E-state index contributed by atoms with van der Waals surface area (Å²) < 4.78 is 20.6. The maximum absolute atomic E-state index is 13.7. The van der Waals surface area contributed by atoms with Crippen molar-refractivity contribution in [2.75, 3.05) is 7.11 Å². The molecule has 4 rings (SSSR count). The fourth-order valence-electron chi connectivity index (χ4n) is 2.57. The van der Waals surface area contributed by atoms with Gasteiger partial charge in [-0.3, -0.25) is 4.40 Å². The summed E-state index contributed by atoms with van der Waals surface area (Å²) in [7, 11) is 1.53. The van der Waals surface area contributed by atoms with Gasteiger partial charge >= 0.3 is 0 Å². The Morgan fingerprint density at radius 1 is 1.08 bits per heavy atom. The zero-order valence-corrected chi connectivity index (χ0v) is 13.5. The lowest BCUT2D eigenvalue weighted by atomic mass is 10.2. The maximum Gasteiger partial charge on any atom is 0.215 e. The van der Waals surface area contributed by atoms with Crippen LogP contribution in [0.4, 0.5) is 4.39 Å². The van der Waals surface area contributed by atoms with Crippen LogP contribution in [0.5, 0.6) is 5.88 Å². The lowest BCUT2D eigenvalue weighted by molar-refractivity contribution is 0.399. The monoisotopic (exact) mass is 343 g/mol. The molecule has 0 aliphatic rings. The molecule has 0 radical (unpaired) electrons. The van der Waals surface area contributed by atoms with Crippen LogP contribution in [0.3, 0.4) is 0 Å². The topological polar surface area (TPSA) is 65.2 Å². The summed E-state index contributed by atoms with van der Waals surface area (Å²) in [5.74, 6) is 0.479. The molecule has 3 aromatic heterocycles. The molecule has 0 amide bonds. The van der Waals surface area contributed by atoms with E-state index in [2.05, 4.69) is 20.2 Å². The zero-order valence-electron chi connectivity index (χ0n) is 12.8. The van der Waals surface area contributed by atoms with Crippen LogP contribution in [0, 0.1) is 12.7 Å². The van der Waals surface area contributed by atoms with E-state index in [1.807, 2.05) is 0 Å². The minimum Gasteiger partial charge on any atom is -0.481 e. The molecule has 0 N–H and O–H groups in total. The highest BCUT2D eigenvalue weighted by Crippen LogP contribution is 2.30.